The minimum Gasteiger partial charge on any atom is -0.487 e. The van der Waals surface area contributed by atoms with E-state index in [1.165, 1.54) is 24.6 Å². The topological polar surface area (TPSA) is 85.3 Å². The molecule has 0 fully saturated rings. The van der Waals surface area contributed by atoms with Crippen molar-refractivity contribution in [1.82, 2.24) is 10.3 Å². The molecule has 3 aromatic rings. The van der Waals surface area contributed by atoms with E-state index in [-0.39, 0.29) is 6.61 Å². The average molecular weight is 458 g/mol. The summed E-state index contributed by atoms with van der Waals surface area (Å²) < 4.78 is 49.0. The van der Waals surface area contributed by atoms with E-state index in [2.05, 4.69) is 15.6 Å². The van der Waals surface area contributed by atoms with Crippen LogP contribution in [0.3, 0.4) is 0 Å². The molecule has 1 aromatic heterocycles. The highest BCUT2D eigenvalue weighted by molar-refractivity contribution is 5.66. The molecular formula is C24H25F3N4O2. The molecule has 0 unspecified atom stereocenters. The number of nitrogens with zero attached hydrogens (tertiary/aromatic N) is 1. The molecule has 0 atom stereocenters. The standard InChI is InChI=1S/C24H25F3N4O2/c25-24(26,27)19-5-2-18(3-6-19)4-11-23-31-21(17-33-23)16-32-22-9-7-20(8-10-22)30-14-1-13-29-15-12-28/h2-12,15,17,29-30H,1,13-14,16,28H2/b11-4+,15-12-. The summed E-state index contributed by atoms with van der Waals surface area (Å²) in [7, 11) is 0. The van der Waals surface area contributed by atoms with Crippen molar-refractivity contribution in [3.05, 3.63) is 89.9 Å². The quantitative estimate of drug-likeness (QED) is 0.340. The smallest absolute Gasteiger partial charge is 0.416 e. The molecule has 3 rings (SSSR count). The fourth-order valence-electron chi connectivity index (χ4n) is 2.82. The second kappa shape index (κ2) is 11.7. The van der Waals surface area contributed by atoms with Crippen molar-refractivity contribution < 1.29 is 22.3 Å². The Morgan fingerprint density at radius 1 is 1.00 bits per heavy atom. The van der Waals surface area contributed by atoms with E-state index in [4.69, 9.17) is 14.9 Å². The van der Waals surface area contributed by atoms with Gasteiger partial charge in [0.05, 0.1) is 5.56 Å². The second-order valence-electron chi connectivity index (χ2n) is 7.04. The predicted molar refractivity (Wildman–Crippen MR) is 122 cm³/mol. The van der Waals surface area contributed by atoms with E-state index < -0.39 is 11.7 Å². The molecule has 0 aliphatic heterocycles. The number of ether oxygens (including phenoxy) is 1. The van der Waals surface area contributed by atoms with Crippen LogP contribution in [-0.2, 0) is 12.8 Å². The average Bonchev–Trinajstić information content (AvgIpc) is 3.27. The summed E-state index contributed by atoms with van der Waals surface area (Å²) in [4.78, 5) is 4.30. The van der Waals surface area contributed by atoms with Crippen LogP contribution in [0.2, 0.25) is 0 Å². The molecule has 0 saturated carbocycles. The Labute approximate surface area is 190 Å². The summed E-state index contributed by atoms with van der Waals surface area (Å²) >= 11 is 0. The van der Waals surface area contributed by atoms with Gasteiger partial charge in [0, 0.05) is 37.3 Å². The molecule has 1 heterocycles. The second-order valence-corrected chi connectivity index (χ2v) is 7.04. The number of rotatable bonds is 11. The van der Waals surface area contributed by atoms with E-state index in [9.17, 15) is 13.2 Å². The summed E-state index contributed by atoms with van der Waals surface area (Å²) in [6.07, 6.45) is 4.48. The van der Waals surface area contributed by atoms with Crippen molar-refractivity contribution in [2.45, 2.75) is 19.2 Å². The Bertz CT molecular complexity index is 1040. The maximum Gasteiger partial charge on any atom is 0.416 e. The first kappa shape index (κ1) is 23.8. The van der Waals surface area contributed by atoms with Gasteiger partial charge in [-0.05, 0) is 54.5 Å². The van der Waals surface area contributed by atoms with Crippen LogP contribution >= 0.6 is 0 Å². The molecule has 0 aliphatic carbocycles. The first-order valence-corrected chi connectivity index (χ1v) is 10.3. The van der Waals surface area contributed by atoms with E-state index in [1.54, 1.807) is 18.4 Å². The Morgan fingerprint density at radius 2 is 1.76 bits per heavy atom. The monoisotopic (exact) mass is 458 g/mol. The van der Waals surface area contributed by atoms with Gasteiger partial charge >= 0.3 is 6.18 Å². The summed E-state index contributed by atoms with van der Waals surface area (Å²) in [5.74, 6) is 1.03. The molecule has 174 valence electrons. The number of nitrogens with one attached hydrogen (secondary N) is 2. The normalized spacial score (nSPS) is 11.8. The van der Waals surface area contributed by atoms with Gasteiger partial charge in [0.2, 0.25) is 5.89 Å². The van der Waals surface area contributed by atoms with Gasteiger partial charge in [0.1, 0.15) is 24.3 Å². The number of hydrogen-bond acceptors (Lipinski definition) is 6. The molecule has 0 aliphatic rings. The molecule has 9 heteroatoms. The lowest BCUT2D eigenvalue weighted by atomic mass is 10.1. The van der Waals surface area contributed by atoms with Crippen molar-refractivity contribution >= 4 is 17.8 Å². The van der Waals surface area contributed by atoms with Gasteiger partial charge in [-0.25, -0.2) is 4.98 Å². The Hall–Kier alpha value is -3.88. The third kappa shape index (κ3) is 7.95. The molecule has 0 amide bonds. The SMILES string of the molecule is N/C=C\NCCCNc1ccc(OCc2coc(/C=C/c3ccc(C(F)(F)F)cc3)n2)cc1. The van der Waals surface area contributed by atoms with E-state index in [0.717, 1.165) is 37.3 Å². The van der Waals surface area contributed by atoms with Gasteiger partial charge in [0.25, 0.3) is 0 Å². The van der Waals surface area contributed by atoms with Crippen molar-refractivity contribution in [2.24, 2.45) is 5.73 Å². The molecule has 4 N–H and O–H groups in total. The summed E-state index contributed by atoms with van der Waals surface area (Å²) in [5.41, 5.74) is 6.77. The number of hydrogen-bond donors (Lipinski definition) is 3. The zero-order chi connectivity index (χ0) is 23.5. The van der Waals surface area contributed by atoms with Crippen molar-refractivity contribution in [3.8, 4) is 5.75 Å². The summed E-state index contributed by atoms with van der Waals surface area (Å²) in [6.45, 7) is 1.89. The number of anilines is 1. The first-order chi connectivity index (χ1) is 15.9. The third-order valence-electron chi connectivity index (χ3n) is 4.51. The minimum absolute atomic E-state index is 0.227. The fraction of sp³-hybridized carbons (Fsp3) is 0.208. The zero-order valence-electron chi connectivity index (χ0n) is 17.8. The molecule has 0 spiro atoms. The van der Waals surface area contributed by atoms with Crippen molar-refractivity contribution in [1.29, 1.82) is 0 Å². The van der Waals surface area contributed by atoms with E-state index >= 15 is 0 Å². The van der Waals surface area contributed by atoms with Crippen LogP contribution in [0.25, 0.3) is 12.2 Å². The lowest BCUT2D eigenvalue weighted by Gasteiger charge is -2.08. The lowest BCUT2D eigenvalue weighted by Crippen LogP contribution is -2.12. The van der Waals surface area contributed by atoms with Crippen LogP contribution in [0.4, 0.5) is 18.9 Å². The minimum atomic E-state index is -4.35. The van der Waals surface area contributed by atoms with Crippen LogP contribution in [0.5, 0.6) is 5.75 Å². The van der Waals surface area contributed by atoms with Crippen molar-refractivity contribution in [2.75, 3.05) is 18.4 Å². The fourth-order valence-corrected chi connectivity index (χ4v) is 2.82. The van der Waals surface area contributed by atoms with Crippen LogP contribution in [0.15, 0.2) is 71.6 Å². The first-order valence-electron chi connectivity index (χ1n) is 10.3. The Balaban J connectivity index is 1.43. The number of oxazole rings is 1. The van der Waals surface area contributed by atoms with Crippen LogP contribution in [-0.4, -0.2) is 18.1 Å². The maximum absolute atomic E-state index is 12.6. The highest BCUT2D eigenvalue weighted by atomic mass is 19.4. The number of nitrogens with two attached hydrogens (primary N) is 1. The maximum atomic E-state index is 12.6. The summed E-state index contributed by atoms with van der Waals surface area (Å²) in [5, 5.41) is 6.39. The number of benzene rings is 2. The van der Waals surface area contributed by atoms with Gasteiger partial charge in [-0.15, -0.1) is 0 Å². The van der Waals surface area contributed by atoms with Crippen LogP contribution in [0, 0.1) is 0 Å². The predicted octanol–water partition coefficient (Wildman–Crippen LogP) is 5.26. The number of aromatic nitrogens is 1. The largest absolute Gasteiger partial charge is 0.487 e. The van der Waals surface area contributed by atoms with Gasteiger partial charge in [-0.1, -0.05) is 12.1 Å². The number of alkyl halides is 3. The molecule has 2 aromatic carbocycles. The van der Waals surface area contributed by atoms with E-state index in [0.29, 0.717) is 22.9 Å². The molecule has 6 nitrogen and oxygen atoms in total. The van der Waals surface area contributed by atoms with Crippen molar-refractivity contribution in [3.63, 3.8) is 0 Å². The third-order valence-corrected chi connectivity index (χ3v) is 4.51. The molecular weight excluding hydrogens is 433 g/mol. The highest BCUT2D eigenvalue weighted by Gasteiger charge is 2.29. The van der Waals surface area contributed by atoms with Gasteiger partial charge in [-0.2, -0.15) is 13.2 Å². The van der Waals surface area contributed by atoms with Gasteiger partial charge in [0.15, 0.2) is 0 Å². The van der Waals surface area contributed by atoms with Crippen LogP contribution in [0.1, 0.15) is 29.1 Å². The van der Waals surface area contributed by atoms with Gasteiger partial charge < -0.3 is 25.5 Å². The molecule has 0 saturated heterocycles. The van der Waals surface area contributed by atoms with E-state index in [1.807, 2.05) is 24.3 Å². The number of halogens is 3. The van der Waals surface area contributed by atoms with Gasteiger partial charge in [-0.3, -0.25) is 0 Å². The molecule has 0 radical (unpaired) electrons. The lowest BCUT2D eigenvalue weighted by molar-refractivity contribution is -0.137. The molecule has 0 bridgehead atoms. The summed E-state index contributed by atoms with van der Waals surface area (Å²) in [6, 6.07) is 12.4. The zero-order valence-corrected chi connectivity index (χ0v) is 17.8. The highest BCUT2D eigenvalue weighted by Crippen LogP contribution is 2.29. The Morgan fingerprint density at radius 3 is 2.45 bits per heavy atom. The van der Waals surface area contributed by atoms with Crippen LogP contribution < -0.4 is 21.1 Å². The Kier molecular flexibility index (Phi) is 8.40. The molecule has 33 heavy (non-hydrogen) atoms.